The zero-order valence-corrected chi connectivity index (χ0v) is 15.9. The molecule has 2 N–H and O–H groups in total. The Morgan fingerprint density at radius 3 is 2.50 bits per heavy atom. The normalized spacial score (nSPS) is 18.0. The number of thioether (sulfide) groups is 1. The van der Waals surface area contributed by atoms with E-state index in [0.29, 0.717) is 15.9 Å². The zero-order valence-electron chi connectivity index (χ0n) is 14.4. The Bertz CT molecular complexity index is 861. The van der Waals surface area contributed by atoms with Gasteiger partial charge in [0.05, 0.1) is 5.69 Å². The van der Waals surface area contributed by atoms with E-state index in [2.05, 4.69) is 15.6 Å². The summed E-state index contributed by atoms with van der Waals surface area (Å²) < 4.78 is 0. The Morgan fingerprint density at radius 1 is 1.19 bits per heavy atom. The molecule has 2 aromatic rings. The average molecular weight is 388 g/mol. The molecule has 0 radical (unpaired) electrons. The average Bonchev–Trinajstić information content (AvgIpc) is 2.92. The van der Waals surface area contributed by atoms with Crippen LogP contribution in [0.2, 0.25) is 5.02 Å². The molecule has 7 heteroatoms. The lowest BCUT2D eigenvalue weighted by atomic mass is 10.1. The number of amidine groups is 1. The quantitative estimate of drug-likeness (QED) is 0.825. The van der Waals surface area contributed by atoms with Gasteiger partial charge in [0.1, 0.15) is 5.25 Å². The Kier molecular flexibility index (Phi) is 5.64. The highest BCUT2D eigenvalue weighted by molar-refractivity contribution is 8.15. The van der Waals surface area contributed by atoms with Crippen LogP contribution in [0.1, 0.15) is 17.5 Å². The summed E-state index contributed by atoms with van der Waals surface area (Å²) in [5.74, 6) is -0.401. The van der Waals surface area contributed by atoms with E-state index in [1.54, 1.807) is 24.3 Å². The lowest BCUT2D eigenvalue weighted by molar-refractivity contribution is -0.122. The van der Waals surface area contributed by atoms with Crippen molar-refractivity contribution in [3.63, 3.8) is 0 Å². The van der Waals surface area contributed by atoms with Crippen molar-refractivity contribution in [2.24, 2.45) is 4.99 Å². The molecule has 3 rings (SSSR count). The van der Waals surface area contributed by atoms with Crippen LogP contribution in [0.25, 0.3) is 0 Å². The first kappa shape index (κ1) is 18.5. The highest BCUT2D eigenvalue weighted by Gasteiger charge is 2.32. The molecular weight excluding hydrogens is 370 g/mol. The second-order valence-corrected chi connectivity index (χ2v) is 7.64. The number of aryl methyl sites for hydroxylation is 2. The molecule has 2 amide bonds. The topological polar surface area (TPSA) is 70.6 Å². The number of anilines is 1. The van der Waals surface area contributed by atoms with Crippen LogP contribution in [-0.2, 0) is 9.59 Å². The number of rotatable bonds is 4. The number of amides is 2. The molecule has 26 heavy (non-hydrogen) atoms. The van der Waals surface area contributed by atoms with Crippen LogP contribution in [0.3, 0.4) is 0 Å². The third-order valence-corrected chi connectivity index (χ3v) is 5.28. The fourth-order valence-electron chi connectivity index (χ4n) is 2.60. The summed E-state index contributed by atoms with van der Waals surface area (Å²) in [6, 6.07) is 12.8. The second kappa shape index (κ2) is 7.93. The summed E-state index contributed by atoms with van der Waals surface area (Å²) in [6.45, 7) is 3.88. The van der Waals surface area contributed by atoms with Crippen LogP contribution in [0, 0.1) is 13.8 Å². The van der Waals surface area contributed by atoms with Gasteiger partial charge in [-0.15, -0.1) is 0 Å². The van der Waals surface area contributed by atoms with Crippen LogP contribution < -0.4 is 10.6 Å². The molecule has 1 heterocycles. The van der Waals surface area contributed by atoms with Gasteiger partial charge in [0, 0.05) is 17.1 Å². The maximum atomic E-state index is 12.4. The van der Waals surface area contributed by atoms with Gasteiger partial charge in [-0.3, -0.25) is 9.59 Å². The number of carbonyl (C=O) groups is 2. The molecule has 1 aliphatic rings. The molecule has 0 spiro atoms. The maximum Gasteiger partial charge on any atom is 0.240 e. The largest absolute Gasteiger partial charge is 0.326 e. The lowest BCUT2D eigenvalue weighted by Gasteiger charge is -2.12. The number of nitrogens with zero attached hydrogens (tertiary/aromatic N) is 1. The van der Waals surface area contributed by atoms with Crippen molar-refractivity contribution in [2.45, 2.75) is 25.5 Å². The van der Waals surface area contributed by atoms with Gasteiger partial charge >= 0.3 is 0 Å². The van der Waals surface area contributed by atoms with Crippen molar-refractivity contribution in [1.82, 2.24) is 5.32 Å². The van der Waals surface area contributed by atoms with Gasteiger partial charge < -0.3 is 10.6 Å². The molecule has 1 fully saturated rings. The molecule has 134 valence electrons. The number of hydrogen-bond donors (Lipinski definition) is 2. The number of halogens is 1. The van der Waals surface area contributed by atoms with E-state index in [9.17, 15) is 9.59 Å². The fraction of sp³-hybridized carbons (Fsp3) is 0.211. The summed E-state index contributed by atoms with van der Waals surface area (Å²) in [7, 11) is 0. The molecule has 0 bridgehead atoms. The van der Waals surface area contributed by atoms with Crippen molar-refractivity contribution in [3.05, 3.63) is 58.6 Å². The molecule has 5 nitrogen and oxygen atoms in total. The van der Waals surface area contributed by atoms with Crippen molar-refractivity contribution in [1.29, 1.82) is 0 Å². The summed E-state index contributed by atoms with van der Waals surface area (Å²) >= 11 is 7.11. The molecule has 0 aromatic heterocycles. The molecule has 1 saturated heterocycles. The number of nitrogens with one attached hydrogen (secondary N) is 2. The maximum absolute atomic E-state index is 12.4. The van der Waals surface area contributed by atoms with Crippen LogP contribution in [-0.4, -0.2) is 22.2 Å². The minimum atomic E-state index is -0.495. The van der Waals surface area contributed by atoms with Crippen molar-refractivity contribution >= 4 is 51.7 Å². The van der Waals surface area contributed by atoms with Gasteiger partial charge in [-0.05, 0) is 49.2 Å². The predicted octanol–water partition coefficient (Wildman–Crippen LogP) is 4.20. The van der Waals surface area contributed by atoms with Gasteiger partial charge in [0.2, 0.25) is 11.8 Å². The molecule has 0 saturated carbocycles. The molecule has 0 aliphatic carbocycles. The lowest BCUT2D eigenvalue weighted by Crippen LogP contribution is -2.28. The second-order valence-electron chi connectivity index (χ2n) is 6.01. The molecule has 1 atom stereocenters. The third-order valence-electron chi connectivity index (χ3n) is 3.95. The zero-order chi connectivity index (χ0) is 18.7. The van der Waals surface area contributed by atoms with Gasteiger partial charge in [0.15, 0.2) is 5.17 Å². The van der Waals surface area contributed by atoms with Crippen molar-refractivity contribution in [3.8, 4) is 0 Å². The minimum absolute atomic E-state index is 0.0872. The molecule has 1 aliphatic heterocycles. The Hall–Kier alpha value is -2.31. The van der Waals surface area contributed by atoms with Crippen molar-refractivity contribution in [2.75, 3.05) is 5.32 Å². The van der Waals surface area contributed by atoms with E-state index >= 15 is 0 Å². The van der Waals surface area contributed by atoms with E-state index in [-0.39, 0.29) is 18.2 Å². The van der Waals surface area contributed by atoms with E-state index in [4.69, 9.17) is 11.6 Å². The number of hydrogen-bond acceptors (Lipinski definition) is 4. The Morgan fingerprint density at radius 2 is 1.85 bits per heavy atom. The van der Waals surface area contributed by atoms with E-state index in [0.717, 1.165) is 16.8 Å². The van der Waals surface area contributed by atoms with Crippen LogP contribution in [0.15, 0.2) is 47.5 Å². The van der Waals surface area contributed by atoms with Crippen molar-refractivity contribution < 1.29 is 9.59 Å². The number of carbonyl (C=O) groups excluding carboxylic acids is 2. The predicted molar refractivity (Wildman–Crippen MR) is 107 cm³/mol. The first-order valence-corrected chi connectivity index (χ1v) is 9.36. The summed E-state index contributed by atoms with van der Waals surface area (Å²) in [5, 5.41) is 6.25. The molecule has 2 aromatic carbocycles. The van der Waals surface area contributed by atoms with Gasteiger partial charge in [-0.2, -0.15) is 0 Å². The number of para-hydroxylation sites is 1. The van der Waals surface area contributed by atoms with E-state index in [1.807, 2.05) is 32.0 Å². The molecular formula is C19H18ClN3O2S. The first-order valence-electron chi connectivity index (χ1n) is 8.10. The standard InChI is InChI=1S/C19H18ClN3O2S/c1-11-4-3-5-12(2)17(11)22-16(24)10-15-18(25)23-19(26-15)21-14-8-6-13(20)7-9-14/h3-9,15H,10H2,1-2H3,(H,22,24)(H,21,23,25)/t15-/m1/s1. The highest BCUT2D eigenvalue weighted by atomic mass is 35.5. The third kappa shape index (κ3) is 4.45. The fourth-order valence-corrected chi connectivity index (χ4v) is 3.71. The van der Waals surface area contributed by atoms with E-state index < -0.39 is 5.25 Å². The number of aliphatic imine (C=N–C) groups is 1. The van der Waals surface area contributed by atoms with Crippen LogP contribution in [0.5, 0.6) is 0 Å². The smallest absolute Gasteiger partial charge is 0.240 e. The summed E-state index contributed by atoms with van der Waals surface area (Å²) in [4.78, 5) is 28.9. The summed E-state index contributed by atoms with van der Waals surface area (Å²) in [6.07, 6.45) is 0.0872. The SMILES string of the molecule is Cc1cccc(C)c1NC(=O)C[C@H]1SC(=Nc2ccc(Cl)cc2)NC1=O. The van der Waals surface area contributed by atoms with E-state index in [1.165, 1.54) is 11.8 Å². The summed E-state index contributed by atoms with van der Waals surface area (Å²) in [5.41, 5.74) is 3.48. The van der Waals surface area contributed by atoms with Crippen LogP contribution >= 0.6 is 23.4 Å². The van der Waals surface area contributed by atoms with Gasteiger partial charge in [-0.1, -0.05) is 41.6 Å². The van der Waals surface area contributed by atoms with Gasteiger partial charge in [0.25, 0.3) is 0 Å². The Balaban J connectivity index is 1.64. The number of benzene rings is 2. The minimum Gasteiger partial charge on any atom is -0.326 e. The van der Waals surface area contributed by atoms with Gasteiger partial charge in [-0.25, -0.2) is 4.99 Å². The monoisotopic (exact) mass is 387 g/mol. The molecule has 0 unspecified atom stereocenters. The Labute approximate surface area is 161 Å². The highest BCUT2D eigenvalue weighted by Crippen LogP contribution is 2.27. The van der Waals surface area contributed by atoms with Crippen LogP contribution in [0.4, 0.5) is 11.4 Å². The first-order chi connectivity index (χ1) is 12.4.